The molecule has 2 rings (SSSR count). The molecule has 0 atom stereocenters. The molecule has 8 nitrogen and oxygen atoms in total. The average molecular weight is 266 g/mol. The fraction of sp³-hybridized carbons (Fsp3) is 0.455. The molecule has 0 aliphatic carbocycles. The Kier molecular flexibility index (Phi) is 3.91. The number of aromatic nitrogens is 2. The Bertz CT molecular complexity index is 581. The molecule has 1 heterocycles. The van der Waals surface area contributed by atoms with Crippen LogP contribution in [0.25, 0.3) is 11.0 Å². The minimum Gasteiger partial charge on any atom is -0.381 e. The number of benzene rings is 1. The van der Waals surface area contributed by atoms with Gasteiger partial charge in [-0.2, -0.15) is 0 Å². The van der Waals surface area contributed by atoms with Gasteiger partial charge in [-0.25, -0.2) is 4.63 Å². The molecule has 0 saturated heterocycles. The zero-order chi connectivity index (χ0) is 13.8. The number of nitrogens with zero attached hydrogens (tertiary/aromatic N) is 3. The summed E-state index contributed by atoms with van der Waals surface area (Å²) < 4.78 is 9.95. The van der Waals surface area contributed by atoms with Gasteiger partial charge in [-0.3, -0.25) is 10.1 Å². The van der Waals surface area contributed by atoms with E-state index in [0.29, 0.717) is 24.4 Å². The lowest BCUT2D eigenvalue weighted by Gasteiger charge is -2.09. The monoisotopic (exact) mass is 266 g/mol. The van der Waals surface area contributed by atoms with Gasteiger partial charge in [0.15, 0.2) is 5.52 Å². The Morgan fingerprint density at radius 1 is 1.42 bits per heavy atom. The van der Waals surface area contributed by atoms with Crippen LogP contribution in [0, 0.1) is 10.1 Å². The zero-order valence-electron chi connectivity index (χ0n) is 10.6. The summed E-state index contributed by atoms with van der Waals surface area (Å²) in [5.41, 5.74) is 0.993. The third-order valence-electron chi connectivity index (χ3n) is 2.46. The molecule has 0 spiro atoms. The van der Waals surface area contributed by atoms with Crippen LogP contribution in [0.1, 0.15) is 13.8 Å². The van der Waals surface area contributed by atoms with Crippen LogP contribution in [0.15, 0.2) is 16.8 Å². The number of hydrogen-bond acceptors (Lipinski definition) is 7. The van der Waals surface area contributed by atoms with E-state index in [1.807, 2.05) is 13.8 Å². The van der Waals surface area contributed by atoms with Crippen molar-refractivity contribution in [3.63, 3.8) is 0 Å². The molecule has 0 fully saturated rings. The lowest BCUT2D eigenvalue weighted by Crippen LogP contribution is -2.13. The summed E-state index contributed by atoms with van der Waals surface area (Å²) >= 11 is 0. The maximum Gasteiger partial charge on any atom is 0.300 e. The van der Waals surface area contributed by atoms with Crippen molar-refractivity contribution in [1.82, 2.24) is 10.3 Å². The Hall–Kier alpha value is -2.22. The van der Waals surface area contributed by atoms with Crippen LogP contribution in [0.4, 0.5) is 11.4 Å². The molecule has 0 saturated carbocycles. The molecule has 0 radical (unpaired) electrons. The fourth-order valence-electron chi connectivity index (χ4n) is 1.62. The van der Waals surface area contributed by atoms with E-state index < -0.39 is 4.92 Å². The Balaban J connectivity index is 2.14. The van der Waals surface area contributed by atoms with Gasteiger partial charge in [0.25, 0.3) is 0 Å². The van der Waals surface area contributed by atoms with Gasteiger partial charge < -0.3 is 10.1 Å². The number of ether oxygens (including phenoxy) is 1. The van der Waals surface area contributed by atoms with E-state index in [1.165, 1.54) is 6.07 Å². The van der Waals surface area contributed by atoms with Crippen LogP contribution in [0.3, 0.4) is 0 Å². The Morgan fingerprint density at radius 3 is 2.84 bits per heavy atom. The van der Waals surface area contributed by atoms with Crippen molar-refractivity contribution in [2.45, 2.75) is 20.0 Å². The van der Waals surface area contributed by atoms with Crippen LogP contribution in [-0.4, -0.2) is 34.5 Å². The SMILES string of the molecule is CC(C)OCCNc1ccc([N+](=O)[O-])c2nonc12. The van der Waals surface area contributed by atoms with Gasteiger partial charge >= 0.3 is 5.69 Å². The lowest BCUT2D eigenvalue weighted by molar-refractivity contribution is -0.383. The van der Waals surface area contributed by atoms with Crippen LogP contribution >= 0.6 is 0 Å². The molecular formula is C11H14N4O4. The molecule has 1 aromatic heterocycles. The highest BCUT2D eigenvalue weighted by molar-refractivity contribution is 5.93. The second-order valence-electron chi connectivity index (χ2n) is 4.20. The number of nitro benzene ring substituents is 1. The van der Waals surface area contributed by atoms with E-state index in [4.69, 9.17) is 4.74 Å². The summed E-state index contributed by atoms with van der Waals surface area (Å²) in [6, 6.07) is 2.96. The highest BCUT2D eigenvalue weighted by atomic mass is 16.6. The smallest absolute Gasteiger partial charge is 0.300 e. The number of fused-ring (bicyclic) bond motifs is 1. The molecule has 102 valence electrons. The molecule has 1 N–H and O–H groups in total. The largest absolute Gasteiger partial charge is 0.381 e. The predicted molar refractivity (Wildman–Crippen MR) is 68.0 cm³/mol. The molecular weight excluding hydrogens is 252 g/mol. The first-order valence-electron chi connectivity index (χ1n) is 5.84. The van der Waals surface area contributed by atoms with Crippen LogP contribution in [-0.2, 0) is 4.74 Å². The second-order valence-corrected chi connectivity index (χ2v) is 4.20. The summed E-state index contributed by atoms with van der Waals surface area (Å²) in [4.78, 5) is 10.3. The Morgan fingerprint density at radius 2 is 2.16 bits per heavy atom. The van der Waals surface area contributed by atoms with Crippen molar-refractivity contribution in [1.29, 1.82) is 0 Å². The molecule has 0 aliphatic rings. The molecule has 2 aromatic rings. The van der Waals surface area contributed by atoms with Crippen molar-refractivity contribution in [3.05, 3.63) is 22.2 Å². The van der Waals surface area contributed by atoms with E-state index in [0.717, 1.165) is 0 Å². The maximum atomic E-state index is 10.8. The number of nitrogens with one attached hydrogen (secondary N) is 1. The number of rotatable bonds is 6. The highest BCUT2D eigenvalue weighted by Crippen LogP contribution is 2.28. The van der Waals surface area contributed by atoms with E-state index in [-0.39, 0.29) is 17.3 Å². The predicted octanol–water partition coefficient (Wildman–Crippen LogP) is 1.97. The van der Waals surface area contributed by atoms with Gasteiger partial charge in [0, 0.05) is 12.6 Å². The summed E-state index contributed by atoms with van der Waals surface area (Å²) in [6.45, 7) is 5.00. The molecule has 19 heavy (non-hydrogen) atoms. The molecule has 0 unspecified atom stereocenters. The third-order valence-corrected chi connectivity index (χ3v) is 2.46. The summed E-state index contributed by atoms with van der Waals surface area (Å²) in [7, 11) is 0. The first-order chi connectivity index (χ1) is 9.09. The average Bonchev–Trinajstić information content (AvgIpc) is 2.83. The van der Waals surface area contributed by atoms with Crippen LogP contribution < -0.4 is 5.32 Å². The second kappa shape index (κ2) is 5.61. The van der Waals surface area contributed by atoms with Gasteiger partial charge in [-0.1, -0.05) is 0 Å². The first kappa shape index (κ1) is 13.2. The normalized spacial score (nSPS) is 11.1. The van der Waals surface area contributed by atoms with Crippen LogP contribution in [0.2, 0.25) is 0 Å². The summed E-state index contributed by atoms with van der Waals surface area (Å²) in [5, 5.41) is 21.1. The van der Waals surface area contributed by atoms with Gasteiger partial charge in [-0.05, 0) is 30.2 Å². The summed E-state index contributed by atoms with van der Waals surface area (Å²) in [5.74, 6) is 0. The molecule has 0 aliphatic heterocycles. The quantitative estimate of drug-likeness (QED) is 0.484. The van der Waals surface area contributed by atoms with E-state index >= 15 is 0 Å². The Labute approximate surface area is 108 Å². The maximum absolute atomic E-state index is 10.8. The van der Waals surface area contributed by atoms with E-state index in [9.17, 15) is 10.1 Å². The summed E-state index contributed by atoms with van der Waals surface area (Å²) in [6.07, 6.45) is 0.160. The first-order valence-corrected chi connectivity index (χ1v) is 5.84. The van der Waals surface area contributed by atoms with Gasteiger partial charge in [0.05, 0.1) is 23.3 Å². The number of nitro groups is 1. The van der Waals surface area contributed by atoms with Crippen molar-refractivity contribution in [3.8, 4) is 0 Å². The van der Waals surface area contributed by atoms with Gasteiger partial charge in [0.2, 0.25) is 5.52 Å². The lowest BCUT2D eigenvalue weighted by atomic mass is 10.2. The minimum absolute atomic E-state index is 0.125. The van der Waals surface area contributed by atoms with Gasteiger partial charge in [0.1, 0.15) is 0 Å². The molecule has 8 heteroatoms. The number of non-ortho nitro benzene ring substituents is 1. The molecule has 0 amide bonds. The van der Waals surface area contributed by atoms with Crippen molar-refractivity contribution < 1.29 is 14.3 Å². The standard InChI is InChI=1S/C11H14N4O4/c1-7(2)18-6-5-12-8-3-4-9(15(16)17)11-10(8)13-19-14-11/h3-4,7,12H,5-6H2,1-2H3. The van der Waals surface area contributed by atoms with Crippen LogP contribution in [0.5, 0.6) is 0 Å². The van der Waals surface area contributed by atoms with Crippen molar-refractivity contribution in [2.75, 3.05) is 18.5 Å². The molecule has 0 bridgehead atoms. The van der Waals surface area contributed by atoms with Crippen molar-refractivity contribution >= 4 is 22.4 Å². The third kappa shape index (κ3) is 2.97. The number of hydrogen-bond donors (Lipinski definition) is 1. The topological polar surface area (TPSA) is 103 Å². The molecule has 1 aromatic carbocycles. The highest BCUT2D eigenvalue weighted by Gasteiger charge is 2.19. The van der Waals surface area contributed by atoms with E-state index in [1.54, 1.807) is 6.07 Å². The van der Waals surface area contributed by atoms with E-state index in [2.05, 4.69) is 20.3 Å². The zero-order valence-corrected chi connectivity index (χ0v) is 10.6. The van der Waals surface area contributed by atoms with Gasteiger partial charge in [-0.15, -0.1) is 0 Å². The van der Waals surface area contributed by atoms with Crippen molar-refractivity contribution in [2.24, 2.45) is 0 Å². The number of anilines is 1. The minimum atomic E-state index is -0.516. The fourth-order valence-corrected chi connectivity index (χ4v) is 1.62.